The van der Waals surface area contributed by atoms with E-state index in [0.717, 1.165) is 41.2 Å². The highest BCUT2D eigenvalue weighted by Crippen LogP contribution is 2.57. The molecule has 0 aromatic heterocycles. The molecule has 0 amide bonds. The monoisotopic (exact) mass is 587 g/mol. The lowest BCUT2D eigenvalue weighted by Gasteiger charge is -2.46. The van der Waals surface area contributed by atoms with Crippen LogP contribution in [0.4, 0.5) is 0 Å². The van der Waals surface area contributed by atoms with Crippen molar-refractivity contribution in [3.63, 3.8) is 0 Å². The second kappa shape index (κ2) is 12.2. The summed E-state index contributed by atoms with van der Waals surface area (Å²) in [6.07, 6.45) is 22.8. The fourth-order valence-corrected chi connectivity index (χ4v) is 9.45. The number of halogens is 1. The number of fused-ring (bicyclic) bond motifs is 3. The molecule has 2 aromatic rings. The first-order valence-corrected chi connectivity index (χ1v) is 17.2. The third-order valence-electron chi connectivity index (χ3n) is 11.1. The summed E-state index contributed by atoms with van der Waals surface area (Å²) in [6, 6.07) is 20.3. The molecule has 2 heteroatoms. The summed E-state index contributed by atoms with van der Waals surface area (Å²) in [4.78, 5) is 3.70. The summed E-state index contributed by atoms with van der Waals surface area (Å²) in [5.74, 6) is 2.24. The lowest BCUT2D eigenvalue weighted by molar-refractivity contribution is 0.0434. The molecule has 5 atom stereocenters. The third-order valence-corrected chi connectivity index (χ3v) is 12.1. The van der Waals surface area contributed by atoms with Crippen molar-refractivity contribution in [2.75, 3.05) is 0 Å². The van der Waals surface area contributed by atoms with Crippen LogP contribution in [-0.4, -0.2) is 21.8 Å². The van der Waals surface area contributed by atoms with Gasteiger partial charge in [-0.25, -0.2) is 0 Å². The minimum absolute atomic E-state index is 0.249. The molecule has 4 aliphatic rings. The molecular weight excluding hydrogens is 538 g/mol. The fraction of sp³-hybridized carbons (Fsp3) is 0.622. The molecule has 0 radical (unpaired) electrons. The first-order chi connectivity index (χ1) is 19.0. The molecule has 2 aromatic carbocycles. The Morgan fingerprint density at radius 2 is 1.64 bits per heavy atom. The van der Waals surface area contributed by atoms with Crippen molar-refractivity contribution in [1.29, 1.82) is 0 Å². The summed E-state index contributed by atoms with van der Waals surface area (Å²) in [5, 5.41) is 0. The van der Waals surface area contributed by atoms with Crippen molar-refractivity contribution >= 4 is 22.0 Å². The van der Waals surface area contributed by atoms with Gasteiger partial charge in [-0.05, 0) is 103 Å². The van der Waals surface area contributed by atoms with Crippen LogP contribution in [-0.2, 0) is 12.0 Å². The Labute approximate surface area is 247 Å². The Morgan fingerprint density at radius 3 is 2.46 bits per heavy atom. The molecule has 3 fully saturated rings. The molecule has 3 saturated carbocycles. The molecule has 0 bridgehead atoms. The van der Waals surface area contributed by atoms with Crippen LogP contribution in [0.3, 0.4) is 0 Å². The van der Waals surface area contributed by atoms with Gasteiger partial charge in [-0.3, -0.25) is 4.90 Å². The zero-order valence-electron chi connectivity index (χ0n) is 24.5. The van der Waals surface area contributed by atoms with Gasteiger partial charge in [-0.1, -0.05) is 116 Å². The van der Waals surface area contributed by atoms with Gasteiger partial charge < -0.3 is 0 Å². The van der Waals surface area contributed by atoms with Crippen LogP contribution in [0.5, 0.6) is 0 Å². The highest BCUT2D eigenvalue weighted by atomic mass is 79.9. The van der Waals surface area contributed by atoms with Gasteiger partial charge in [-0.15, -0.1) is 0 Å². The van der Waals surface area contributed by atoms with Crippen molar-refractivity contribution < 1.29 is 0 Å². The molecule has 210 valence electrons. The average Bonchev–Trinajstić information content (AvgIpc) is 3.07. The van der Waals surface area contributed by atoms with E-state index >= 15 is 0 Å². The number of alkyl halides is 1. The molecule has 39 heavy (non-hydrogen) atoms. The number of rotatable bonds is 6. The first-order valence-electron chi connectivity index (χ1n) is 16.3. The van der Waals surface area contributed by atoms with E-state index in [1.165, 1.54) is 94.6 Å². The normalized spacial score (nSPS) is 31.2. The molecule has 5 unspecified atom stereocenters. The molecule has 1 nitrogen and oxygen atoms in total. The van der Waals surface area contributed by atoms with Crippen LogP contribution in [0.2, 0.25) is 0 Å². The maximum absolute atomic E-state index is 3.86. The van der Waals surface area contributed by atoms with Gasteiger partial charge in [0.2, 0.25) is 0 Å². The van der Waals surface area contributed by atoms with E-state index in [0.29, 0.717) is 0 Å². The number of benzene rings is 2. The molecule has 0 heterocycles. The summed E-state index contributed by atoms with van der Waals surface area (Å²) in [5.41, 5.74) is 6.48. The standard InChI is InChI=1S/C37H50BrN/c1-37(2)35-24-28(17-16-27-12-9-13-30(38)20-18-27)19-22-33(35)34-23-21-32(25-36(34)37)39(31-14-7-4-8-15-31)26-29-10-5-3-6-11-29/h3,5-6,10-11,16-17,19,22,24,27,30-32,34,36H,4,7-9,12-15,18,20-21,23,25-26H2,1-2H3. The molecule has 4 aliphatic carbocycles. The Bertz CT molecular complexity index is 1110. The van der Waals surface area contributed by atoms with Crippen molar-refractivity contribution in [3.8, 4) is 0 Å². The van der Waals surface area contributed by atoms with Crippen molar-refractivity contribution in [2.45, 2.75) is 132 Å². The van der Waals surface area contributed by atoms with Crippen LogP contribution >= 0.6 is 15.9 Å². The smallest absolute Gasteiger partial charge is 0.0239 e. The number of allylic oxidation sites excluding steroid dienone is 1. The van der Waals surface area contributed by atoms with Gasteiger partial charge in [0.15, 0.2) is 0 Å². The van der Waals surface area contributed by atoms with Crippen LogP contribution in [0.25, 0.3) is 6.08 Å². The van der Waals surface area contributed by atoms with Crippen molar-refractivity contribution in [1.82, 2.24) is 4.90 Å². The maximum atomic E-state index is 3.86. The zero-order chi connectivity index (χ0) is 26.8. The van der Waals surface area contributed by atoms with Gasteiger partial charge in [0.25, 0.3) is 0 Å². The van der Waals surface area contributed by atoms with E-state index in [-0.39, 0.29) is 5.41 Å². The second-order valence-electron chi connectivity index (χ2n) is 13.9. The molecule has 0 aliphatic heterocycles. The Hall–Kier alpha value is -1.38. The topological polar surface area (TPSA) is 3.24 Å². The second-order valence-corrected chi connectivity index (χ2v) is 15.2. The van der Waals surface area contributed by atoms with E-state index in [9.17, 15) is 0 Å². The lowest BCUT2D eigenvalue weighted by Crippen LogP contribution is -2.48. The summed E-state index contributed by atoms with van der Waals surface area (Å²) >= 11 is 3.86. The predicted molar refractivity (Wildman–Crippen MR) is 171 cm³/mol. The Kier molecular flexibility index (Phi) is 8.71. The lowest BCUT2D eigenvalue weighted by atomic mass is 9.67. The molecule has 6 rings (SSSR count). The summed E-state index contributed by atoms with van der Waals surface area (Å²) in [6.45, 7) is 6.26. The SMILES string of the molecule is CC1(C)c2cc(C=CC3CCCC(Br)CC3)ccc2C2CCC(N(Cc3ccccc3)C3CCCCC3)CC21. The highest BCUT2D eigenvalue weighted by molar-refractivity contribution is 9.09. The Balaban J connectivity index is 1.20. The quantitative estimate of drug-likeness (QED) is 0.240. The Morgan fingerprint density at radius 1 is 0.821 bits per heavy atom. The maximum Gasteiger partial charge on any atom is 0.0239 e. The number of hydrogen-bond donors (Lipinski definition) is 0. The minimum atomic E-state index is 0.249. The van der Waals surface area contributed by atoms with E-state index in [1.54, 1.807) is 11.1 Å². The van der Waals surface area contributed by atoms with E-state index in [2.05, 4.69) is 95.4 Å². The summed E-state index contributed by atoms with van der Waals surface area (Å²) < 4.78 is 0. The van der Waals surface area contributed by atoms with Crippen molar-refractivity contribution in [3.05, 3.63) is 76.9 Å². The fourth-order valence-electron chi connectivity index (χ4n) is 8.87. The highest BCUT2D eigenvalue weighted by Gasteiger charge is 2.49. The molecule has 0 N–H and O–H groups in total. The van der Waals surface area contributed by atoms with E-state index < -0.39 is 0 Å². The number of nitrogens with zero attached hydrogens (tertiary/aromatic N) is 1. The molecule has 0 saturated heterocycles. The zero-order valence-corrected chi connectivity index (χ0v) is 26.0. The van der Waals surface area contributed by atoms with Gasteiger partial charge in [-0.2, -0.15) is 0 Å². The van der Waals surface area contributed by atoms with Gasteiger partial charge in [0.05, 0.1) is 0 Å². The van der Waals surface area contributed by atoms with Gasteiger partial charge >= 0.3 is 0 Å². The number of hydrogen-bond acceptors (Lipinski definition) is 1. The largest absolute Gasteiger partial charge is 0.293 e. The van der Waals surface area contributed by atoms with Crippen LogP contribution < -0.4 is 0 Å². The third kappa shape index (κ3) is 6.13. The van der Waals surface area contributed by atoms with Crippen LogP contribution in [0.1, 0.15) is 125 Å². The van der Waals surface area contributed by atoms with Crippen LogP contribution in [0.15, 0.2) is 54.6 Å². The predicted octanol–water partition coefficient (Wildman–Crippen LogP) is 10.4. The van der Waals surface area contributed by atoms with Crippen LogP contribution in [0, 0.1) is 11.8 Å². The van der Waals surface area contributed by atoms with Crippen molar-refractivity contribution in [2.24, 2.45) is 11.8 Å². The van der Waals surface area contributed by atoms with Gasteiger partial charge in [0.1, 0.15) is 0 Å². The van der Waals surface area contributed by atoms with E-state index in [4.69, 9.17) is 0 Å². The summed E-state index contributed by atoms with van der Waals surface area (Å²) in [7, 11) is 0. The first kappa shape index (κ1) is 27.8. The van der Waals surface area contributed by atoms with E-state index in [1.807, 2.05) is 0 Å². The minimum Gasteiger partial charge on any atom is -0.293 e. The molecule has 0 spiro atoms. The van der Waals surface area contributed by atoms with Gasteiger partial charge in [0, 0.05) is 23.5 Å². The molecular formula is C37H50BrN. The average molecular weight is 589 g/mol.